The molecule has 2 saturated heterocycles. The maximum absolute atomic E-state index is 10.9. The fourth-order valence-electron chi connectivity index (χ4n) is 4.85. The third-order valence-electron chi connectivity index (χ3n) is 6.30. The van der Waals surface area contributed by atoms with Gasteiger partial charge in [-0.05, 0) is 56.3 Å². The van der Waals surface area contributed by atoms with E-state index in [-0.39, 0.29) is 11.7 Å². The van der Waals surface area contributed by atoms with Gasteiger partial charge in [0.15, 0.2) is 0 Å². The SMILES string of the molecule is CCC1CCCC(C(O)C2CCOC3(CCOCC3)C2)C1. The summed E-state index contributed by atoms with van der Waals surface area (Å²) < 4.78 is 11.6. The summed E-state index contributed by atoms with van der Waals surface area (Å²) in [7, 11) is 0. The first-order valence-corrected chi connectivity index (χ1v) is 9.12. The summed E-state index contributed by atoms with van der Waals surface area (Å²) in [5.74, 6) is 1.82. The van der Waals surface area contributed by atoms with Crippen molar-refractivity contribution in [2.75, 3.05) is 19.8 Å². The van der Waals surface area contributed by atoms with Crippen molar-refractivity contribution in [3.05, 3.63) is 0 Å². The standard InChI is InChI=1S/C18H32O3/c1-2-14-4-3-5-15(12-14)17(19)16-6-9-21-18(13-16)7-10-20-11-8-18/h14-17,19H,2-13H2,1H3. The van der Waals surface area contributed by atoms with Crippen LogP contribution in [0.4, 0.5) is 0 Å². The molecule has 122 valence electrons. The molecule has 4 atom stereocenters. The van der Waals surface area contributed by atoms with Gasteiger partial charge in [-0.1, -0.05) is 26.2 Å². The van der Waals surface area contributed by atoms with Crippen LogP contribution in [0.2, 0.25) is 0 Å². The molecule has 3 rings (SSSR count). The van der Waals surface area contributed by atoms with Crippen LogP contribution in [-0.4, -0.2) is 36.6 Å². The summed E-state index contributed by atoms with van der Waals surface area (Å²) in [6.45, 7) is 4.77. The van der Waals surface area contributed by atoms with Crippen LogP contribution < -0.4 is 0 Å². The molecule has 1 spiro atoms. The Hall–Kier alpha value is -0.120. The van der Waals surface area contributed by atoms with Gasteiger partial charge in [-0.15, -0.1) is 0 Å². The highest BCUT2D eigenvalue weighted by molar-refractivity contribution is 4.93. The smallest absolute Gasteiger partial charge is 0.0730 e. The second kappa shape index (κ2) is 6.97. The summed E-state index contributed by atoms with van der Waals surface area (Å²) in [5.41, 5.74) is 0.0149. The Kier molecular flexibility index (Phi) is 5.23. The van der Waals surface area contributed by atoms with E-state index < -0.39 is 0 Å². The molecule has 21 heavy (non-hydrogen) atoms. The molecule has 1 aliphatic carbocycles. The predicted molar refractivity (Wildman–Crippen MR) is 83.2 cm³/mol. The average Bonchev–Trinajstić information content (AvgIpc) is 2.55. The van der Waals surface area contributed by atoms with Crippen molar-refractivity contribution in [2.24, 2.45) is 17.8 Å². The Labute approximate surface area is 129 Å². The van der Waals surface area contributed by atoms with Gasteiger partial charge in [0.25, 0.3) is 0 Å². The van der Waals surface area contributed by atoms with E-state index in [0.29, 0.717) is 11.8 Å². The first-order valence-electron chi connectivity index (χ1n) is 9.12. The van der Waals surface area contributed by atoms with Crippen LogP contribution in [0, 0.1) is 17.8 Å². The van der Waals surface area contributed by atoms with E-state index in [1.165, 1.54) is 32.1 Å². The Morgan fingerprint density at radius 1 is 1.10 bits per heavy atom. The predicted octanol–water partition coefficient (Wildman–Crippen LogP) is 3.54. The number of hydrogen-bond acceptors (Lipinski definition) is 3. The molecule has 3 nitrogen and oxygen atoms in total. The Bertz CT molecular complexity index is 319. The molecule has 0 amide bonds. The zero-order valence-electron chi connectivity index (χ0n) is 13.6. The normalized spacial score (nSPS) is 38.3. The van der Waals surface area contributed by atoms with Gasteiger partial charge >= 0.3 is 0 Å². The van der Waals surface area contributed by atoms with Gasteiger partial charge in [0.05, 0.1) is 11.7 Å². The number of hydrogen-bond donors (Lipinski definition) is 1. The molecular weight excluding hydrogens is 264 g/mol. The van der Waals surface area contributed by atoms with Gasteiger partial charge in [-0.25, -0.2) is 0 Å². The molecule has 1 saturated carbocycles. The first-order chi connectivity index (χ1) is 10.2. The van der Waals surface area contributed by atoms with Crippen LogP contribution in [0.3, 0.4) is 0 Å². The average molecular weight is 296 g/mol. The topological polar surface area (TPSA) is 38.7 Å². The Balaban J connectivity index is 1.59. The minimum atomic E-state index is -0.108. The van der Waals surface area contributed by atoms with E-state index in [4.69, 9.17) is 9.47 Å². The highest BCUT2D eigenvalue weighted by Gasteiger charge is 2.42. The largest absolute Gasteiger partial charge is 0.393 e. The molecule has 2 aliphatic heterocycles. The molecule has 3 fully saturated rings. The molecule has 0 aromatic heterocycles. The van der Waals surface area contributed by atoms with Crippen molar-refractivity contribution >= 4 is 0 Å². The second-order valence-electron chi connectivity index (χ2n) is 7.59. The summed E-state index contributed by atoms with van der Waals surface area (Å²) in [4.78, 5) is 0. The lowest BCUT2D eigenvalue weighted by Gasteiger charge is -2.46. The van der Waals surface area contributed by atoms with Crippen molar-refractivity contribution in [1.82, 2.24) is 0 Å². The molecule has 0 aromatic carbocycles. The molecule has 3 heteroatoms. The third kappa shape index (κ3) is 3.62. The Morgan fingerprint density at radius 3 is 2.67 bits per heavy atom. The Morgan fingerprint density at radius 2 is 1.90 bits per heavy atom. The van der Waals surface area contributed by atoms with Gasteiger partial charge in [-0.3, -0.25) is 0 Å². The summed E-state index contributed by atoms with van der Waals surface area (Å²) in [6, 6.07) is 0. The highest BCUT2D eigenvalue weighted by Crippen LogP contribution is 2.42. The summed E-state index contributed by atoms with van der Waals surface area (Å²) in [6.07, 6.45) is 10.4. The molecule has 3 aliphatic rings. The van der Waals surface area contributed by atoms with Crippen molar-refractivity contribution in [3.63, 3.8) is 0 Å². The van der Waals surface area contributed by atoms with Crippen LogP contribution >= 0.6 is 0 Å². The number of aliphatic hydroxyl groups excluding tert-OH is 1. The number of aliphatic hydroxyl groups is 1. The molecule has 1 N–H and O–H groups in total. The molecule has 2 heterocycles. The minimum absolute atomic E-state index is 0.0149. The van der Waals surface area contributed by atoms with Crippen LogP contribution in [0.15, 0.2) is 0 Å². The number of rotatable bonds is 3. The summed E-state index contributed by atoms with van der Waals surface area (Å²) in [5, 5.41) is 10.9. The lowest BCUT2D eigenvalue weighted by atomic mass is 9.70. The fraction of sp³-hybridized carbons (Fsp3) is 1.00. The maximum atomic E-state index is 10.9. The van der Waals surface area contributed by atoms with E-state index in [1.54, 1.807) is 0 Å². The molecule has 0 bridgehead atoms. The maximum Gasteiger partial charge on any atom is 0.0730 e. The van der Waals surface area contributed by atoms with Crippen molar-refractivity contribution in [1.29, 1.82) is 0 Å². The van der Waals surface area contributed by atoms with E-state index in [2.05, 4.69) is 6.92 Å². The van der Waals surface area contributed by atoms with E-state index in [9.17, 15) is 5.11 Å². The summed E-state index contributed by atoms with van der Waals surface area (Å²) >= 11 is 0. The quantitative estimate of drug-likeness (QED) is 0.866. The van der Waals surface area contributed by atoms with Crippen LogP contribution in [0.25, 0.3) is 0 Å². The fourth-order valence-corrected chi connectivity index (χ4v) is 4.85. The van der Waals surface area contributed by atoms with Crippen molar-refractivity contribution < 1.29 is 14.6 Å². The van der Waals surface area contributed by atoms with Gasteiger partial charge in [-0.2, -0.15) is 0 Å². The molecule has 0 radical (unpaired) electrons. The molecule has 0 aromatic rings. The minimum Gasteiger partial charge on any atom is -0.393 e. The molecular formula is C18H32O3. The zero-order chi connectivity index (χ0) is 14.7. The molecule has 4 unspecified atom stereocenters. The van der Waals surface area contributed by atoms with Crippen LogP contribution in [0.1, 0.15) is 64.7 Å². The van der Waals surface area contributed by atoms with E-state index in [1.807, 2.05) is 0 Å². The van der Waals surface area contributed by atoms with Crippen molar-refractivity contribution in [3.8, 4) is 0 Å². The number of ether oxygens (including phenoxy) is 2. The zero-order valence-corrected chi connectivity index (χ0v) is 13.6. The van der Waals surface area contributed by atoms with Crippen molar-refractivity contribution in [2.45, 2.75) is 76.4 Å². The van der Waals surface area contributed by atoms with E-state index >= 15 is 0 Å². The monoisotopic (exact) mass is 296 g/mol. The second-order valence-corrected chi connectivity index (χ2v) is 7.59. The lowest BCUT2D eigenvalue weighted by Crippen LogP contribution is -2.48. The highest BCUT2D eigenvalue weighted by atomic mass is 16.5. The van der Waals surface area contributed by atoms with Crippen LogP contribution in [-0.2, 0) is 9.47 Å². The van der Waals surface area contributed by atoms with Gasteiger partial charge in [0, 0.05) is 19.8 Å². The van der Waals surface area contributed by atoms with Gasteiger partial charge in [0.2, 0.25) is 0 Å². The van der Waals surface area contributed by atoms with E-state index in [0.717, 1.165) is 51.4 Å². The first kappa shape index (κ1) is 15.8. The van der Waals surface area contributed by atoms with Gasteiger partial charge in [0.1, 0.15) is 0 Å². The van der Waals surface area contributed by atoms with Crippen LogP contribution in [0.5, 0.6) is 0 Å². The van der Waals surface area contributed by atoms with Gasteiger partial charge < -0.3 is 14.6 Å². The lowest BCUT2D eigenvalue weighted by molar-refractivity contribution is -0.163. The third-order valence-corrected chi connectivity index (χ3v) is 6.30.